The lowest BCUT2D eigenvalue weighted by Gasteiger charge is -2.04. The minimum Gasteiger partial charge on any atom is -0.299 e. The zero-order valence-electron chi connectivity index (χ0n) is 12.5. The molecule has 0 bridgehead atoms. The van der Waals surface area contributed by atoms with E-state index in [1.165, 1.54) is 5.56 Å². The lowest BCUT2D eigenvalue weighted by atomic mass is 10.1. The highest BCUT2D eigenvalue weighted by atomic mass is 16.1. The van der Waals surface area contributed by atoms with Crippen LogP contribution in [0.25, 0.3) is 16.9 Å². The maximum Gasteiger partial charge on any atom is 0.159 e. The minimum absolute atomic E-state index is 0.253. The second-order valence-electron chi connectivity index (χ2n) is 6.00. The molecular weight excluding hydrogens is 274 g/mol. The molecule has 4 heteroatoms. The number of Topliss-reactive ketones (excluding diaryl/α,β-unsaturated/α-hetero) is 1. The molecule has 0 unspecified atom stereocenters. The molecule has 0 aliphatic heterocycles. The maximum atomic E-state index is 12.0. The Hall–Kier alpha value is -2.49. The Morgan fingerprint density at radius 2 is 2.05 bits per heavy atom. The lowest BCUT2D eigenvalue weighted by Crippen LogP contribution is -2.06. The number of rotatable bonds is 4. The first-order valence-corrected chi connectivity index (χ1v) is 7.65. The summed E-state index contributed by atoms with van der Waals surface area (Å²) in [6, 6.07) is 14.3. The van der Waals surface area contributed by atoms with Gasteiger partial charge in [-0.15, -0.1) is 0 Å². The average molecular weight is 291 g/mol. The molecule has 0 spiro atoms. The Morgan fingerprint density at radius 1 is 1.23 bits per heavy atom. The minimum atomic E-state index is 0.253. The van der Waals surface area contributed by atoms with Crippen molar-refractivity contribution in [3.05, 3.63) is 53.9 Å². The SMILES string of the molecule is Cc1cccc(-c2cccc3nc(CC(=O)C4CC4)nn23)c1. The van der Waals surface area contributed by atoms with E-state index in [1.807, 2.05) is 28.8 Å². The van der Waals surface area contributed by atoms with Crippen molar-refractivity contribution in [1.82, 2.24) is 14.6 Å². The van der Waals surface area contributed by atoms with Crippen molar-refractivity contribution >= 4 is 11.4 Å². The third-order valence-corrected chi connectivity index (χ3v) is 4.08. The number of benzene rings is 1. The van der Waals surface area contributed by atoms with Crippen LogP contribution >= 0.6 is 0 Å². The summed E-state index contributed by atoms with van der Waals surface area (Å²) in [7, 11) is 0. The molecule has 0 amide bonds. The fourth-order valence-electron chi connectivity index (χ4n) is 2.75. The van der Waals surface area contributed by atoms with Gasteiger partial charge in [0, 0.05) is 11.5 Å². The van der Waals surface area contributed by atoms with E-state index >= 15 is 0 Å². The molecule has 110 valence electrons. The monoisotopic (exact) mass is 291 g/mol. The summed E-state index contributed by atoms with van der Waals surface area (Å²) in [5.74, 6) is 1.15. The second-order valence-corrected chi connectivity index (χ2v) is 6.00. The quantitative estimate of drug-likeness (QED) is 0.741. The fourth-order valence-corrected chi connectivity index (χ4v) is 2.75. The van der Waals surface area contributed by atoms with E-state index in [0.29, 0.717) is 12.2 Å². The van der Waals surface area contributed by atoms with Crippen molar-refractivity contribution < 1.29 is 4.79 Å². The Labute approximate surface area is 128 Å². The zero-order chi connectivity index (χ0) is 15.1. The highest BCUT2D eigenvalue weighted by Crippen LogP contribution is 2.30. The Morgan fingerprint density at radius 3 is 2.82 bits per heavy atom. The summed E-state index contributed by atoms with van der Waals surface area (Å²) in [6.07, 6.45) is 2.40. The molecule has 1 aromatic carbocycles. The molecule has 1 saturated carbocycles. The maximum absolute atomic E-state index is 12.0. The van der Waals surface area contributed by atoms with Gasteiger partial charge < -0.3 is 0 Å². The number of nitrogens with zero attached hydrogens (tertiary/aromatic N) is 3. The first kappa shape index (κ1) is 13.2. The normalized spacial score (nSPS) is 14.4. The van der Waals surface area contributed by atoms with E-state index in [4.69, 9.17) is 0 Å². The van der Waals surface area contributed by atoms with Crippen LogP contribution in [0, 0.1) is 12.8 Å². The van der Waals surface area contributed by atoms with Crippen LogP contribution in [0.15, 0.2) is 42.5 Å². The van der Waals surface area contributed by atoms with Crippen LogP contribution in [-0.2, 0) is 11.2 Å². The molecule has 0 saturated heterocycles. The van der Waals surface area contributed by atoms with Crippen molar-refractivity contribution in [3.63, 3.8) is 0 Å². The smallest absolute Gasteiger partial charge is 0.159 e. The van der Waals surface area contributed by atoms with Gasteiger partial charge in [-0.1, -0.05) is 29.8 Å². The topological polar surface area (TPSA) is 47.3 Å². The van der Waals surface area contributed by atoms with Gasteiger partial charge in [0.15, 0.2) is 11.5 Å². The molecular formula is C18H17N3O. The number of carbonyl (C=O) groups excluding carboxylic acids is 1. The Kier molecular flexibility index (Phi) is 3.03. The second kappa shape index (κ2) is 5.05. The van der Waals surface area contributed by atoms with Gasteiger partial charge in [-0.3, -0.25) is 4.79 Å². The van der Waals surface area contributed by atoms with E-state index in [-0.39, 0.29) is 11.7 Å². The van der Waals surface area contributed by atoms with E-state index in [2.05, 4.69) is 35.2 Å². The lowest BCUT2D eigenvalue weighted by molar-refractivity contribution is -0.119. The van der Waals surface area contributed by atoms with Crippen LogP contribution < -0.4 is 0 Å². The molecule has 0 N–H and O–H groups in total. The molecule has 1 fully saturated rings. The summed E-state index contributed by atoms with van der Waals surface area (Å²) in [6.45, 7) is 2.07. The number of aryl methyl sites for hydroxylation is 1. The molecule has 1 aliphatic rings. The molecule has 2 aromatic heterocycles. The number of ketones is 1. The van der Waals surface area contributed by atoms with Crippen LogP contribution in [0.5, 0.6) is 0 Å². The highest BCUT2D eigenvalue weighted by molar-refractivity contribution is 5.84. The first-order valence-electron chi connectivity index (χ1n) is 7.65. The van der Waals surface area contributed by atoms with Crippen LogP contribution in [0.1, 0.15) is 24.2 Å². The van der Waals surface area contributed by atoms with Gasteiger partial charge in [0.05, 0.1) is 12.1 Å². The van der Waals surface area contributed by atoms with Gasteiger partial charge in [-0.2, -0.15) is 5.10 Å². The Balaban J connectivity index is 1.76. The molecule has 3 aromatic rings. The van der Waals surface area contributed by atoms with Crippen molar-refractivity contribution in [3.8, 4) is 11.3 Å². The van der Waals surface area contributed by atoms with E-state index in [1.54, 1.807) is 0 Å². The van der Waals surface area contributed by atoms with Gasteiger partial charge in [0.2, 0.25) is 0 Å². The number of hydrogen-bond donors (Lipinski definition) is 0. The molecule has 4 rings (SSSR count). The van der Waals surface area contributed by atoms with E-state index < -0.39 is 0 Å². The third kappa shape index (κ3) is 2.41. The number of carbonyl (C=O) groups is 1. The van der Waals surface area contributed by atoms with E-state index in [9.17, 15) is 4.79 Å². The number of hydrogen-bond acceptors (Lipinski definition) is 3. The van der Waals surface area contributed by atoms with Gasteiger partial charge in [0.25, 0.3) is 0 Å². The van der Waals surface area contributed by atoms with Gasteiger partial charge >= 0.3 is 0 Å². The molecule has 0 radical (unpaired) electrons. The Bertz CT molecular complexity index is 862. The van der Waals surface area contributed by atoms with Gasteiger partial charge in [0.1, 0.15) is 5.78 Å². The predicted octanol–water partition coefficient (Wildman–Crippen LogP) is 3.23. The summed E-state index contributed by atoms with van der Waals surface area (Å²) in [4.78, 5) is 16.5. The van der Waals surface area contributed by atoms with Crippen molar-refractivity contribution in [2.45, 2.75) is 26.2 Å². The first-order chi connectivity index (χ1) is 10.7. The van der Waals surface area contributed by atoms with Crippen LogP contribution in [0.3, 0.4) is 0 Å². The summed E-state index contributed by atoms with van der Waals surface area (Å²) in [5, 5.41) is 4.55. The predicted molar refractivity (Wildman–Crippen MR) is 84.6 cm³/mol. The molecule has 4 nitrogen and oxygen atoms in total. The van der Waals surface area contributed by atoms with E-state index in [0.717, 1.165) is 29.7 Å². The zero-order valence-corrected chi connectivity index (χ0v) is 12.5. The van der Waals surface area contributed by atoms with Crippen molar-refractivity contribution in [1.29, 1.82) is 0 Å². The van der Waals surface area contributed by atoms with Gasteiger partial charge in [-0.05, 0) is 38.0 Å². The highest BCUT2D eigenvalue weighted by Gasteiger charge is 2.30. The third-order valence-electron chi connectivity index (χ3n) is 4.08. The summed E-state index contributed by atoms with van der Waals surface area (Å²) < 4.78 is 1.84. The standard InChI is InChI=1S/C18H17N3O/c1-12-4-2-5-14(10-12)15-6-3-7-18-19-17(20-21(15)18)11-16(22)13-8-9-13/h2-7,10,13H,8-9,11H2,1H3. The van der Waals surface area contributed by atoms with Crippen molar-refractivity contribution in [2.24, 2.45) is 5.92 Å². The largest absolute Gasteiger partial charge is 0.299 e. The van der Waals surface area contributed by atoms with Crippen LogP contribution in [-0.4, -0.2) is 20.4 Å². The number of aromatic nitrogens is 3. The summed E-state index contributed by atoms with van der Waals surface area (Å²) >= 11 is 0. The molecule has 0 atom stereocenters. The van der Waals surface area contributed by atoms with Gasteiger partial charge in [-0.25, -0.2) is 9.50 Å². The molecule has 1 aliphatic carbocycles. The molecule has 2 heterocycles. The molecule has 22 heavy (non-hydrogen) atoms. The summed E-state index contributed by atoms with van der Waals surface area (Å²) in [5.41, 5.74) is 4.10. The number of fused-ring (bicyclic) bond motifs is 1. The van der Waals surface area contributed by atoms with Crippen LogP contribution in [0.2, 0.25) is 0 Å². The van der Waals surface area contributed by atoms with Crippen LogP contribution in [0.4, 0.5) is 0 Å². The average Bonchev–Trinajstić information content (AvgIpc) is 3.27. The van der Waals surface area contributed by atoms with Crippen molar-refractivity contribution in [2.75, 3.05) is 0 Å². The fraction of sp³-hybridized carbons (Fsp3) is 0.278. The number of pyridine rings is 1.